The first-order valence-corrected chi connectivity index (χ1v) is 13.6. The standard InChI is InChI=1S/C31H29N3O4S/c1-19-18-20(30(35)36)9-14-24(19)26-15-16-27(38-26)29-28(25-8-4-5-17-32-25)33-31(39)34(29)21-10-12-23(13-11-21)37-22-6-2-3-7-22/h4-5,8-18,22,28-29H,2-3,6-7H2,1H3,(H,33,39)(H,35,36)/t28-,29+/m0/s1. The van der Waals surface area contributed by atoms with Gasteiger partial charge in [-0.05, 0) is 111 Å². The van der Waals surface area contributed by atoms with Crippen LogP contribution in [0.25, 0.3) is 11.3 Å². The number of pyridine rings is 1. The molecular formula is C31H29N3O4S. The van der Waals surface area contributed by atoms with Crippen molar-refractivity contribution < 1.29 is 19.1 Å². The topological polar surface area (TPSA) is 87.8 Å². The zero-order valence-electron chi connectivity index (χ0n) is 21.5. The van der Waals surface area contributed by atoms with Gasteiger partial charge in [-0.3, -0.25) is 4.98 Å². The van der Waals surface area contributed by atoms with E-state index in [1.165, 1.54) is 12.8 Å². The van der Waals surface area contributed by atoms with Gasteiger partial charge in [-0.25, -0.2) is 4.79 Å². The molecule has 1 saturated carbocycles. The number of carboxylic acids is 1. The fraction of sp³-hybridized carbons (Fsp3) is 0.258. The summed E-state index contributed by atoms with van der Waals surface area (Å²) >= 11 is 5.84. The van der Waals surface area contributed by atoms with Gasteiger partial charge in [0.05, 0.1) is 23.4 Å². The number of hydrogen-bond acceptors (Lipinski definition) is 5. The summed E-state index contributed by atoms with van der Waals surface area (Å²) in [5.74, 6) is 1.30. The van der Waals surface area contributed by atoms with Gasteiger partial charge < -0.3 is 24.5 Å². The molecule has 2 aliphatic rings. The van der Waals surface area contributed by atoms with Crippen molar-refractivity contribution in [2.24, 2.45) is 0 Å². The van der Waals surface area contributed by atoms with Gasteiger partial charge in [0.2, 0.25) is 0 Å². The van der Waals surface area contributed by atoms with E-state index in [-0.39, 0.29) is 17.6 Å². The van der Waals surface area contributed by atoms with Crippen LogP contribution in [-0.4, -0.2) is 27.3 Å². The predicted octanol–water partition coefficient (Wildman–Crippen LogP) is 6.85. The number of aromatic carboxylic acids is 1. The van der Waals surface area contributed by atoms with E-state index in [9.17, 15) is 9.90 Å². The highest BCUT2D eigenvalue weighted by Crippen LogP contribution is 2.43. The molecule has 2 atom stereocenters. The fourth-order valence-electron chi connectivity index (χ4n) is 5.54. The molecule has 198 valence electrons. The largest absolute Gasteiger partial charge is 0.490 e. The maximum atomic E-state index is 11.4. The van der Waals surface area contributed by atoms with Gasteiger partial charge in [-0.1, -0.05) is 12.1 Å². The van der Waals surface area contributed by atoms with Crippen molar-refractivity contribution in [2.45, 2.75) is 50.8 Å². The van der Waals surface area contributed by atoms with Crippen LogP contribution in [0.1, 0.15) is 65.1 Å². The van der Waals surface area contributed by atoms with Gasteiger partial charge in [0.15, 0.2) is 5.11 Å². The maximum Gasteiger partial charge on any atom is 0.335 e. The van der Waals surface area contributed by atoms with E-state index in [1.54, 1.807) is 24.4 Å². The maximum absolute atomic E-state index is 11.4. The second-order valence-electron chi connectivity index (χ2n) is 10.1. The summed E-state index contributed by atoms with van der Waals surface area (Å²) in [6, 6.07) is 22.3. The van der Waals surface area contributed by atoms with Crippen LogP contribution in [0.3, 0.4) is 0 Å². The number of rotatable bonds is 7. The highest BCUT2D eigenvalue weighted by molar-refractivity contribution is 7.80. The Labute approximate surface area is 232 Å². The molecule has 2 fully saturated rings. The first-order chi connectivity index (χ1) is 19.0. The van der Waals surface area contributed by atoms with Gasteiger partial charge in [0, 0.05) is 17.4 Å². The average Bonchev–Trinajstić information content (AvgIpc) is 3.70. The number of anilines is 1. The van der Waals surface area contributed by atoms with Crippen LogP contribution in [0.2, 0.25) is 0 Å². The Bertz CT molecular complexity index is 1500. The average molecular weight is 540 g/mol. The van der Waals surface area contributed by atoms with Crippen molar-refractivity contribution in [3.63, 3.8) is 0 Å². The molecule has 1 saturated heterocycles. The van der Waals surface area contributed by atoms with E-state index >= 15 is 0 Å². The van der Waals surface area contributed by atoms with Crippen molar-refractivity contribution in [1.82, 2.24) is 10.3 Å². The van der Waals surface area contributed by atoms with Crippen LogP contribution in [0.5, 0.6) is 5.75 Å². The van der Waals surface area contributed by atoms with E-state index in [1.807, 2.05) is 61.5 Å². The van der Waals surface area contributed by atoms with Gasteiger partial charge in [0.25, 0.3) is 0 Å². The summed E-state index contributed by atoms with van der Waals surface area (Å²) in [7, 11) is 0. The fourth-order valence-corrected chi connectivity index (χ4v) is 5.88. The quantitative estimate of drug-likeness (QED) is 0.247. The minimum absolute atomic E-state index is 0.234. The molecule has 8 heteroatoms. The van der Waals surface area contributed by atoms with Gasteiger partial charge in [0.1, 0.15) is 23.3 Å². The molecule has 2 aromatic carbocycles. The molecule has 1 aliphatic carbocycles. The molecule has 39 heavy (non-hydrogen) atoms. The van der Waals surface area contributed by atoms with Crippen LogP contribution in [0.4, 0.5) is 5.69 Å². The number of nitrogens with zero attached hydrogens (tertiary/aromatic N) is 2. The molecule has 7 nitrogen and oxygen atoms in total. The van der Waals surface area contributed by atoms with E-state index < -0.39 is 5.97 Å². The second-order valence-corrected chi connectivity index (χ2v) is 10.4. The minimum Gasteiger partial charge on any atom is -0.490 e. The SMILES string of the molecule is Cc1cc(C(=O)O)ccc1-c1ccc([C@@H]2[C@H](c3ccccn3)NC(=S)N2c2ccc(OC3CCCC3)cc2)o1. The Morgan fingerprint density at radius 2 is 1.87 bits per heavy atom. The molecule has 0 spiro atoms. The summed E-state index contributed by atoms with van der Waals surface area (Å²) in [5, 5.41) is 13.4. The van der Waals surface area contributed by atoms with E-state index in [0.717, 1.165) is 46.9 Å². The molecule has 3 heterocycles. The third-order valence-electron chi connectivity index (χ3n) is 7.48. The number of thiocarbonyl (C=S) groups is 1. The second kappa shape index (κ2) is 10.5. The Morgan fingerprint density at radius 1 is 1.08 bits per heavy atom. The summed E-state index contributed by atoms with van der Waals surface area (Å²) < 4.78 is 12.6. The Hall–Kier alpha value is -4.17. The van der Waals surface area contributed by atoms with Crippen LogP contribution in [0, 0.1) is 6.92 Å². The van der Waals surface area contributed by atoms with Crippen LogP contribution >= 0.6 is 12.2 Å². The summed E-state index contributed by atoms with van der Waals surface area (Å²) in [6.07, 6.45) is 6.73. The van der Waals surface area contributed by atoms with E-state index in [0.29, 0.717) is 17.0 Å². The summed E-state index contributed by atoms with van der Waals surface area (Å²) in [6.45, 7) is 1.88. The van der Waals surface area contributed by atoms with Crippen LogP contribution in [-0.2, 0) is 0 Å². The molecule has 6 rings (SSSR count). The number of aromatic nitrogens is 1. The number of furan rings is 1. The zero-order valence-corrected chi connectivity index (χ0v) is 22.4. The smallest absolute Gasteiger partial charge is 0.335 e. The molecule has 4 aromatic rings. The Kier molecular flexibility index (Phi) is 6.79. The predicted molar refractivity (Wildman–Crippen MR) is 153 cm³/mol. The molecule has 0 amide bonds. The number of ether oxygens (including phenoxy) is 1. The molecule has 0 bridgehead atoms. The van der Waals surface area contributed by atoms with E-state index in [4.69, 9.17) is 21.4 Å². The number of carbonyl (C=O) groups is 1. The number of benzene rings is 2. The lowest BCUT2D eigenvalue weighted by atomic mass is 10.0. The molecule has 0 radical (unpaired) electrons. The molecule has 2 N–H and O–H groups in total. The number of carboxylic acid groups (broad SMARTS) is 1. The first-order valence-electron chi connectivity index (χ1n) is 13.2. The summed E-state index contributed by atoms with van der Waals surface area (Å²) in [5.41, 5.74) is 3.69. The Balaban J connectivity index is 1.35. The summed E-state index contributed by atoms with van der Waals surface area (Å²) in [4.78, 5) is 18.1. The Morgan fingerprint density at radius 3 is 2.56 bits per heavy atom. The highest BCUT2D eigenvalue weighted by atomic mass is 32.1. The van der Waals surface area contributed by atoms with Gasteiger partial charge >= 0.3 is 5.97 Å². The van der Waals surface area contributed by atoms with E-state index in [2.05, 4.69) is 15.2 Å². The zero-order chi connectivity index (χ0) is 26.9. The highest BCUT2D eigenvalue weighted by Gasteiger charge is 2.42. The van der Waals surface area contributed by atoms with Crippen LogP contribution < -0.4 is 15.0 Å². The van der Waals surface area contributed by atoms with Gasteiger partial charge in [-0.2, -0.15) is 0 Å². The van der Waals surface area contributed by atoms with Crippen molar-refractivity contribution in [3.8, 4) is 17.1 Å². The number of nitrogens with one attached hydrogen (secondary N) is 1. The van der Waals surface area contributed by atoms with Crippen molar-refractivity contribution in [2.75, 3.05) is 4.90 Å². The van der Waals surface area contributed by atoms with Crippen LogP contribution in [0.15, 0.2) is 83.4 Å². The van der Waals surface area contributed by atoms with Crippen molar-refractivity contribution in [3.05, 3.63) is 102 Å². The lowest BCUT2D eigenvalue weighted by Gasteiger charge is -2.26. The monoisotopic (exact) mass is 539 g/mol. The molecule has 1 aliphatic heterocycles. The molecule has 0 unspecified atom stereocenters. The molecular weight excluding hydrogens is 510 g/mol. The number of aryl methyl sites for hydroxylation is 1. The number of hydrogen-bond donors (Lipinski definition) is 2. The third-order valence-corrected chi connectivity index (χ3v) is 7.79. The normalized spacial score (nSPS) is 19.3. The van der Waals surface area contributed by atoms with Crippen molar-refractivity contribution >= 4 is 29.0 Å². The minimum atomic E-state index is -0.955. The van der Waals surface area contributed by atoms with Crippen molar-refractivity contribution in [1.29, 1.82) is 0 Å². The van der Waals surface area contributed by atoms with Gasteiger partial charge in [-0.15, -0.1) is 0 Å². The lowest BCUT2D eigenvalue weighted by molar-refractivity contribution is 0.0696. The third kappa shape index (κ3) is 5.00. The molecule has 2 aromatic heterocycles. The first kappa shape index (κ1) is 25.1. The lowest BCUT2D eigenvalue weighted by Crippen LogP contribution is -2.29.